The normalized spacial score (nSPS) is 11.2. The van der Waals surface area contributed by atoms with Crippen LogP contribution in [0.15, 0.2) is 29.2 Å². The number of nitrogens with zero attached hydrogens (tertiary/aromatic N) is 2. The molecule has 0 aliphatic heterocycles. The van der Waals surface area contributed by atoms with Crippen LogP contribution in [0.3, 0.4) is 0 Å². The quantitative estimate of drug-likeness (QED) is 0.708. The number of urea groups is 1. The Bertz CT molecular complexity index is 755. The maximum atomic E-state index is 12.0. The fourth-order valence-corrected chi connectivity index (χ4v) is 3.01. The topological polar surface area (TPSA) is 113 Å². The molecule has 0 bridgehead atoms. The van der Waals surface area contributed by atoms with E-state index in [9.17, 15) is 13.2 Å². The summed E-state index contributed by atoms with van der Waals surface area (Å²) in [6, 6.07) is 5.84. The molecule has 3 N–H and O–H groups in total. The summed E-state index contributed by atoms with van der Waals surface area (Å²) in [5, 5.41) is 13.4. The van der Waals surface area contributed by atoms with Crippen molar-refractivity contribution in [3.63, 3.8) is 0 Å². The third-order valence-electron chi connectivity index (χ3n) is 2.59. The average Bonchev–Trinajstić information content (AvgIpc) is 2.84. The highest BCUT2D eigenvalue weighted by Gasteiger charge is 2.13. The van der Waals surface area contributed by atoms with Crippen molar-refractivity contribution in [2.75, 3.05) is 12.0 Å². The summed E-state index contributed by atoms with van der Waals surface area (Å²) in [7, 11) is -3.66. The van der Waals surface area contributed by atoms with Crippen LogP contribution >= 0.6 is 11.3 Å². The Morgan fingerprint density at radius 1 is 1.18 bits per heavy atom. The lowest BCUT2D eigenvalue weighted by atomic mass is 10.2. The third kappa shape index (κ3) is 4.48. The second-order valence-electron chi connectivity index (χ2n) is 4.39. The lowest BCUT2D eigenvalue weighted by Crippen LogP contribution is -2.39. The van der Waals surface area contributed by atoms with Gasteiger partial charge in [0.15, 0.2) is 0 Å². The second-order valence-corrected chi connectivity index (χ2v) is 7.34. The van der Waals surface area contributed by atoms with Crippen molar-refractivity contribution in [3.05, 3.63) is 34.8 Å². The zero-order chi connectivity index (χ0) is 16.2. The van der Waals surface area contributed by atoms with Gasteiger partial charge < -0.3 is 5.32 Å². The number of sulfonamides is 1. The number of rotatable bonds is 5. The van der Waals surface area contributed by atoms with Crippen LogP contribution in [-0.2, 0) is 10.0 Å². The molecule has 0 aliphatic carbocycles. The molecule has 118 valence electrons. The zero-order valence-corrected chi connectivity index (χ0v) is 13.6. The van der Waals surface area contributed by atoms with Crippen molar-refractivity contribution in [3.8, 4) is 0 Å². The molecule has 1 aromatic heterocycles. The summed E-state index contributed by atoms with van der Waals surface area (Å²) in [4.78, 5) is 11.7. The summed E-state index contributed by atoms with van der Waals surface area (Å²) in [5.41, 5.74) is 0.962. The van der Waals surface area contributed by atoms with Crippen LogP contribution in [0.1, 0.15) is 10.6 Å². The minimum absolute atomic E-state index is 0.139. The van der Waals surface area contributed by atoms with Gasteiger partial charge in [0.05, 0.1) is 11.6 Å². The molecule has 0 unspecified atom stereocenters. The average molecular weight is 341 g/mol. The summed E-state index contributed by atoms with van der Waals surface area (Å²) in [5.74, 6) is 0. The predicted molar refractivity (Wildman–Crippen MR) is 83.2 cm³/mol. The number of amides is 2. The fraction of sp³-hybridized carbons (Fsp3) is 0.250. The number of nitrogens with one attached hydrogen (secondary N) is 3. The van der Waals surface area contributed by atoms with Crippen molar-refractivity contribution in [2.24, 2.45) is 0 Å². The lowest BCUT2D eigenvalue weighted by molar-refractivity contribution is 0.252. The Morgan fingerprint density at radius 2 is 1.86 bits per heavy atom. The van der Waals surface area contributed by atoms with E-state index in [2.05, 4.69) is 25.6 Å². The smallest absolute Gasteiger partial charge is 0.322 e. The van der Waals surface area contributed by atoms with E-state index in [1.807, 2.05) is 6.92 Å². The number of aromatic nitrogens is 2. The summed E-state index contributed by atoms with van der Waals surface area (Å²) < 4.78 is 26.3. The number of hydrogen-bond donors (Lipinski definition) is 3. The van der Waals surface area contributed by atoms with Crippen LogP contribution in [0, 0.1) is 13.8 Å². The van der Waals surface area contributed by atoms with Gasteiger partial charge in [-0.1, -0.05) is 29.0 Å². The molecule has 1 heterocycles. The monoisotopic (exact) mass is 341 g/mol. The highest BCUT2D eigenvalue weighted by molar-refractivity contribution is 7.89. The van der Waals surface area contributed by atoms with Gasteiger partial charge in [-0.3, -0.25) is 5.32 Å². The Kier molecular flexibility index (Phi) is 5.06. The molecule has 2 amide bonds. The minimum atomic E-state index is -3.66. The van der Waals surface area contributed by atoms with E-state index in [0.29, 0.717) is 5.13 Å². The molecular formula is C12H15N5O3S2. The number of benzene rings is 1. The minimum Gasteiger partial charge on any atom is -0.324 e. The molecule has 8 nitrogen and oxygen atoms in total. The molecule has 0 radical (unpaired) electrons. The molecule has 0 fully saturated rings. The van der Waals surface area contributed by atoms with Gasteiger partial charge in [-0.25, -0.2) is 13.2 Å². The highest BCUT2D eigenvalue weighted by atomic mass is 32.2. The van der Waals surface area contributed by atoms with Crippen molar-refractivity contribution >= 4 is 32.5 Å². The molecule has 10 heteroatoms. The molecule has 2 rings (SSSR count). The predicted octanol–water partition coefficient (Wildman–Crippen LogP) is 1.21. The first-order valence-corrected chi connectivity index (χ1v) is 8.58. The highest BCUT2D eigenvalue weighted by Crippen LogP contribution is 2.13. The maximum absolute atomic E-state index is 12.0. The zero-order valence-electron chi connectivity index (χ0n) is 12.0. The van der Waals surface area contributed by atoms with Crippen LogP contribution in [-0.4, -0.2) is 31.3 Å². The first-order chi connectivity index (χ1) is 10.4. The Labute approximate surface area is 132 Å². The van der Waals surface area contributed by atoms with E-state index >= 15 is 0 Å². The maximum Gasteiger partial charge on any atom is 0.322 e. The van der Waals surface area contributed by atoms with Gasteiger partial charge in [-0.05, 0) is 26.0 Å². The van der Waals surface area contributed by atoms with E-state index in [0.717, 1.165) is 10.6 Å². The van der Waals surface area contributed by atoms with Crippen LogP contribution in [0.4, 0.5) is 9.93 Å². The SMILES string of the molecule is Cc1ccc(S(=O)(=O)NCNC(=O)Nc2nnc(C)s2)cc1. The van der Waals surface area contributed by atoms with Gasteiger partial charge in [-0.2, -0.15) is 4.72 Å². The van der Waals surface area contributed by atoms with Gasteiger partial charge in [0.2, 0.25) is 15.2 Å². The van der Waals surface area contributed by atoms with Crippen LogP contribution in [0.25, 0.3) is 0 Å². The van der Waals surface area contributed by atoms with Crippen molar-refractivity contribution in [1.82, 2.24) is 20.2 Å². The lowest BCUT2D eigenvalue weighted by Gasteiger charge is -2.08. The molecule has 0 saturated carbocycles. The van der Waals surface area contributed by atoms with E-state index in [-0.39, 0.29) is 11.6 Å². The molecule has 0 atom stereocenters. The van der Waals surface area contributed by atoms with Gasteiger partial charge in [0, 0.05) is 0 Å². The fourth-order valence-electron chi connectivity index (χ4n) is 1.50. The number of hydrogen-bond acceptors (Lipinski definition) is 6. The van der Waals surface area contributed by atoms with Crippen molar-refractivity contribution in [2.45, 2.75) is 18.7 Å². The van der Waals surface area contributed by atoms with E-state index in [1.165, 1.54) is 23.5 Å². The second kappa shape index (κ2) is 6.81. The van der Waals surface area contributed by atoms with Gasteiger partial charge in [0.25, 0.3) is 0 Å². The summed E-state index contributed by atoms with van der Waals surface area (Å²) >= 11 is 1.22. The van der Waals surface area contributed by atoms with Gasteiger partial charge >= 0.3 is 6.03 Å². The molecule has 0 aliphatic rings. The van der Waals surface area contributed by atoms with Gasteiger partial charge in [-0.15, -0.1) is 10.2 Å². The van der Waals surface area contributed by atoms with E-state index in [1.54, 1.807) is 19.1 Å². The summed E-state index contributed by atoms with van der Waals surface area (Å²) in [6.07, 6.45) is 0. The molecule has 0 spiro atoms. The van der Waals surface area contributed by atoms with Crippen LogP contribution < -0.4 is 15.4 Å². The first kappa shape index (κ1) is 16.3. The third-order valence-corrected chi connectivity index (χ3v) is 4.76. The molecule has 22 heavy (non-hydrogen) atoms. The Morgan fingerprint density at radius 3 is 2.45 bits per heavy atom. The molecule has 1 aromatic carbocycles. The van der Waals surface area contributed by atoms with Crippen molar-refractivity contribution < 1.29 is 13.2 Å². The first-order valence-electron chi connectivity index (χ1n) is 6.28. The van der Waals surface area contributed by atoms with Gasteiger partial charge in [0.1, 0.15) is 5.01 Å². The Hall–Kier alpha value is -2.04. The summed E-state index contributed by atoms with van der Waals surface area (Å²) in [6.45, 7) is 3.39. The van der Waals surface area contributed by atoms with E-state index in [4.69, 9.17) is 0 Å². The standard InChI is InChI=1S/C12H15N5O3S2/c1-8-3-5-10(6-4-8)22(19,20)14-7-13-11(18)15-12-17-16-9(2)21-12/h3-6,14H,7H2,1-2H3,(H2,13,15,17,18). The number of carbonyl (C=O) groups is 1. The molecule has 2 aromatic rings. The van der Waals surface area contributed by atoms with Crippen LogP contribution in [0.5, 0.6) is 0 Å². The van der Waals surface area contributed by atoms with E-state index < -0.39 is 16.1 Å². The van der Waals surface area contributed by atoms with Crippen molar-refractivity contribution in [1.29, 1.82) is 0 Å². The largest absolute Gasteiger partial charge is 0.324 e. The molecule has 0 saturated heterocycles. The number of aryl methyl sites for hydroxylation is 2. The molecular weight excluding hydrogens is 326 g/mol. The number of carbonyl (C=O) groups excluding carboxylic acids is 1. The number of anilines is 1. The Balaban J connectivity index is 1.84. The van der Waals surface area contributed by atoms with Crippen LogP contribution in [0.2, 0.25) is 0 Å².